The SMILES string of the molecule is CCc1cc(C(=O)N2CC[C@@H](C)C2)cc(C(F)(F)F)c1. The first kappa shape index (κ1) is 14.9. The van der Waals surface area contributed by atoms with Crippen molar-refractivity contribution in [3.8, 4) is 0 Å². The molecule has 5 heteroatoms. The van der Waals surface area contributed by atoms with Gasteiger partial charge in [0.15, 0.2) is 0 Å². The largest absolute Gasteiger partial charge is 0.416 e. The Labute approximate surface area is 116 Å². The van der Waals surface area contributed by atoms with Crippen LogP contribution in [0, 0.1) is 5.92 Å². The number of halogens is 3. The average Bonchev–Trinajstić information content (AvgIpc) is 2.83. The Balaban J connectivity index is 2.33. The van der Waals surface area contributed by atoms with Crippen LogP contribution in [-0.2, 0) is 12.6 Å². The normalized spacial score (nSPS) is 19.4. The molecule has 0 saturated carbocycles. The monoisotopic (exact) mass is 285 g/mol. The molecule has 20 heavy (non-hydrogen) atoms. The predicted octanol–water partition coefficient (Wildman–Crippen LogP) is 3.75. The van der Waals surface area contributed by atoms with Crippen LogP contribution in [0.4, 0.5) is 13.2 Å². The van der Waals surface area contributed by atoms with E-state index in [2.05, 4.69) is 0 Å². The predicted molar refractivity (Wildman–Crippen MR) is 70.5 cm³/mol. The molecular weight excluding hydrogens is 267 g/mol. The smallest absolute Gasteiger partial charge is 0.338 e. The first-order valence-corrected chi connectivity index (χ1v) is 6.81. The maximum absolute atomic E-state index is 12.9. The highest BCUT2D eigenvalue weighted by atomic mass is 19.4. The third-order valence-electron chi connectivity index (χ3n) is 3.69. The number of benzene rings is 1. The molecule has 1 aliphatic heterocycles. The number of carbonyl (C=O) groups is 1. The molecule has 1 saturated heterocycles. The van der Waals surface area contributed by atoms with Gasteiger partial charge in [0.1, 0.15) is 0 Å². The minimum atomic E-state index is -4.42. The van der Waals surface area contributed by atoms with E-state index in [4.69, 9.17) is 0 Å². The van der Waals surface area contributed by atoms with E-state index in [1.165, 1.54) is 0 Å². The van der Waals surface area contributed by atoms with Crippen molar-refractivity contribution in [2.24, 2.45) is 5.92 Å². The summed E-state index contributed by atoms with van der Waals surface area (Å²) in [4.78, 5) is 13.9. The van der Waals surface area contributed by atoms with E-state index in [0.717, 1.165) is 18.6 Å². The molecule has 0 unspecified atom stereocenters. The number of hydrogen-bond acceptors (Lipinski definition) is 1. The number of aryl methyl sites for hydroxylation is 1. The van der Waals surface area contributed by atoms with Crippen LogP contribution in [0.25, 0.3) is 0 Å². The second-order valence-corrected chi connectivity index (χ2v) is 5.41. The van der Waals surface area contributed by atoms with Gasteiger partial charge in [-0.25, -0.2) is 0 Å². The summed E-state index contributed by atoms with van der Waals surface area (Å²) in [5.74, 6) is 0.116. The Bertz CT molecular complexity index is 510. The molecule has 0 spiro atoms. The zero-order valence-electron chi connectivity index (χ0n) is 11.6. The summed E-state index contributed by atoms with van der Waals surface area (Å²) in [6.07, 6.45) is -3.04. The lowest BCUT2D eigenvalue weighted by Crippen LogP contribution is -2.28. The number of hydrogen-bond donors (Lipinski definition) is 0. The standard InChI is InChI=1S/C15H18F3NO/c1-3-11-6-12(8-13(7-11)15(16,17)18)14(20)19-5-4-10(2)9-19/h6-8,10H,3-5,9H2,1-2H3/t10-/m1/s1. The summed E-state index contributed by atoms with van der Waals surface area (Å²) >= 11 is 0. The lowest BCUT2D eigenvalue weighted by molar-refractivity contribution is -0.137. The van der Waals surface area contributed by atoms with Crippen molar-refractivity contribution in [1.29, 1.82) is 0 Å². The van der Waals surface area contributed by atoms with Gasteiger partial charge in [-0.15, -0.1) is 0 Å². The number of carbonyl (C=O) groups excluding carboxylic acids is 1. The number of nitrogens with zero attached hydrogens (tertiary/aromatic N) is 1. The fraction of sp³-hybridized carbons (Fsp3) is 0.533. The summed E-state index contributed by atoms with van der Waals surface area (Å²) in [6, 6.07) is 3.65. The molecular formula is C15H18F3NO. The van der Waals surface area contributed by atoms with Crippen molar-refractivity contribution in [3.05, 3.63) is 34.9 Å². The van der Waals surface area contributed by atoms with Crippen LogP contribution in [0.3, 0.4) is 0 Å². The van der Waals surface area contributed by atoms with E-state index < -0.39 is 11.7 Å². The van der Waals surface area contributed by atoms with E-state index in [0.29, 0.717) is 31.0 Å². The van der Waals surface area contributed by atoms with Crippen LogP contribution < -0.4 is 0 Å². The third kappa shape index (κ3) is 3.14. The Hall–Kier alpha value is -1.52. The van der Waals surface area contributed by atoms with Crippen molar-refractivity contribution in [2.45, 2.75) is 32.9 Å². The van der Waals surface area contributed by atoms with Crippen LogP contribution in [0.2, 0.25) is 0 Å². The van der Waals surface area contributed by atoms with Gasteiger partial charge in [-0.05, 0) is 42.5 Å². The third-order valence-corrected chi connectivity index (χ3v) is 3.69. The number of likely N-dealkylation sites (tertiary alicyclic amines) is 1. The zero-order chi connectivity index (χ0) is 14.9. The first-order valence-electron chi connectivity index (χ1n) is 6.81. The number of amides is 1. The Kier molecular flexibility index (Phi) is 4.06. The van der Waals surface area contributed by atoms with Gasteiger partial charge in [-0.2, -0.15) is 13.2 Å². The minimum absolute atomic E-state index is 0.144. The van der Waals surface area contributed by atoms with Crippen molar-refractivity contribution >= 4 is 5.91 Å². The fourth-order valence-corrected chi connectivity index (χ4v) is 2.49. The highest BCUT2D eigenvalue weighted by Gasteiger charge is 2.32. The van der Waals surface area contributed by atoms with E-state index in [9.17, 15) is 18.0 Å². The van der Waals surface area contributed by atoms with Crippen molar-refractivity contribution in [2.75, 3.05) is 13.1 Å². The van der Waals surface area contributed by atoms with Gasteiger partial charge in [-0.3, -0.25) is 4.79 Å². The molecule has 1 atom stereocenters. The van der Waals surface area contributed by atoms with Crippen LogP contribution >= 0.6 is 0 Å². The Morgan fingerprint density at radius 3 is 2.55 bits per heavy atom. The maximum atomic E-state index is 12.9. The average molecular weight is 285 g/mol. The topological polar surface area (TPSA) is 20.3 Å². The molecule has 1 fully saturated rings. The second kappa shape index (κ2) is 5.46. The van der Waals surface area contributed by atoms with Crippen LogP contribution in [0.1, 0.15) is 41.8 Å². The van der Waals surface area contributed by atoms with E-state index in [1.54, 1.807) is 17.9 Å². The Morgan fingerprint density at radius 1 is 1.35 bits per heavy atom. The van der Waals surface area contributed by atoms with E-state index in [-0.39, 0.29) is 11.5 Å². The Morgan fingerprint density at radius 2 is 2.05 bits per heavy atom. The molecule has 1 aliphatic rings. The van der Waals surface area contributed by atoms with E-state index in [1.807, 2.05) is 6.92 Å². The van der Waals surface area contributed by atoms with Gasteiger partial charge < -0.3 is 4.90 Å². The van der Waals surface area contributed by atoms with Crippen LogP contribution in [0.5, 0.6) is 0 Å². The minimum Gasteiger partial charge on any atom is -0.338 e. The fourth-order valence-electron chi connectivity index (χ4n) is 2.49. The highest BCUT2D eigenvalue weighted by molar-refractivity contribution is 5.94. The maximum Gasteiger partial charge on any atom is 0.416 e. The molecule has 0 N–H and O–H groups in total. The van der Waals surface area contributed by atoms with Gasteiger partial charge >= 0.3 is 6.18 Å². The molecule has 0 aliphatic carbocycles. The first-order chi connectivity index (χ1) is 9.31. The molecule has 110 valence electrons. The summed E-state index contributed by atoms with van der Waals surface area (Å²) in [5.41, 5.74) is -0.0614. The molecule has 0 aromatic heterocycles. The number of rotatable bonds is 2. The van der Waals surface area contributed by atoms with Crippen LogP contribution in [-0.4, -0.2) is 23.9 Å². The van der Waals surface area contributed by atoms with Gasteiger partial charge in [-0.1, -0.05) is 13.8 Å². The lowest BCUT2D eigenvalue weighted by atomic mass is 10.0. The van der Waals surface area contributed by atoms with Gasteiger partial charge in [0.25, 0.3) is 5.91 Å². The second-order valence-electron chi connectivity index (χ2n) is 5.41. The molecule has 1 aromatic carbocycles. The lowest BCUT2D eigenvalue weighted by Gasteiger charge is -2.18. The summed E-state index contributed by atoms with van der Waals surface area (Å²) < 4.78 is 38.6. The summed E-state index contributed by atoms with van der Waals surface area (Å²) in [5, 5.41) is 0. The van der Waals surface area contributed by atoms with Crippen molar-refractivity contribution in [1.82, 2.24) is 4.90 Å². The highest BCUT2D eigenvalue weighted by Crippen LogP contribution is 2.31. The van der Waals surface area contributed by atoms with Crippen LogP contribution in [0.15, 0.2) is 18.2 Å². The van der Waals surface area contributed by atoms with Gasteiger partial charge in [0, 0.05) is 18.7 Å². The molecule has 1 amide bonds. The molecule has 0 radical (unpaired) electrons. The van der Waals surface area contributed by atoms with Gasteiger partial charge in [0.2, 0.25) is 0 Å². The van der Waals surface area contributed by atoms with Gasteiger partial charge in [0.05, 0.1) is 5.56 Å². The molecule has 0 bridgehead atoms. The van der Waals surface area contributed by atoms with E-state index >= 15 is 0 Å². The van der Waals surface area contributed by atoms with Crippen molar-refractivity contribution < 1.29 is 18.0 Å². The molecule has 1 aromatic rings. The number of alkyl halides is 3. The molecule has 2 rings (SSSR count). The molecule has 2 nitrogen and oxygen atoms in total. The summed E-state index contributed by atoms with van der Waals surface area (Å²) in [7, 11) is 0. The molecule has 1 heterocycles. The quantitative estimate of drug-likeness (QED) is 0.810. The van der Waals surface area contributed by atoms with Crippen molar-refractivity contribution in [3.63, 3.8) is 0 Å². The summed E-state index contributed by atoms with van der Waals surface area (Å²) in [6.45, 7) is 5.06. The zero-order valence-corrected chi connectivity index (χ0v) is 11.6.